The number of amides is 1. The smallest absolute Gasteiger partial charge is 0.222 e. The first kappa shape index (κ1) is 23.7. The maximum absolute atomic E-state index is 14.3. The summed E-state index contributed by atoms with van der Waals surface area (Å²) in [6.45, 7) is 5.99. The minimum absolute atomic E-state index is 0. The van der Waals surface area contributed by atoms with Crippen molar-refractivity contribution in [1.82, 2.24) is 10.2 Å². The van der Waals surface area contributed by atoms with E-state index in [4.69, 9.17) is 0 Å². The lowest BCUT2D eigenvalue weighted by molar-refractivity contribution is -0.131. The molecule has 0 radical (unpaired) electrons. The number of ketones is 1. The van der Waals surface area contributed by atoms with E-state index in [-0.39, 0.29) is 42.3 Å². The van der Waals surface area contributed by atoms with E-state index in [1.807, 2.05) is 9.80 Å². The molecule has 3 rings (SSSR count). The van der Waals surface area contributed by atoms with Crippen molar-refractivity contribution in [1.29, 1.82) is 0 Å². The summed E-state index contributed by atoms with van der Waals surface area (Å²) in [4.78, 5) is 27.5. The van der Waals surface area contributed by atoms with Crippen LogP contribution in [0.3, 0.4) is 0 Å². The van der Waals surface area contributed by atoms with Gasteiger partial charge in [0.15, 0.2) is 5.78 Å². The molecule has 0 spiro atoms. The number of halogens is 3. The average Bonchev–Trinajstić information content (AvgIpc) is 3.13. The number of carbonyl (C=O) groups excluding carboxylic acids is 2. The summed E-state index contributed by atoms with van der Waals surface area (Å²) in [5, 5.41) is 3.33. The minimum Gasteiger partial charge on any atom is -0.366 e. The van der Waals surface area contributed by atoms with E-state index in [0.717, 1.165) is 25.9 Å². The summed E-state index contributed by atoms with van der Waals surface area (Å²) in [5.74, 6) is 0.317. The number of piperazine rings is 1. The third kappa shape index (κ3) is 6.06. The molecule has 0 saturated carbocycles. The summed E-state index contributed by atoms with van der Waals surface area (Å²) >= 11 is 0. The molecule has 5 nitrogen and oxygen atoms in total. The largest absolute Gasteiger partial charge is 0.366 e. The number of nitrogens with zero attached hydrogens (tertiary/aromatic N) is 2. The van der Waals surface area contributed by atoms with Crippen LogP contribution in [0.2, 0.25) is 0 Å². The van der Waals surface area contributed by atoms with Crippen molar-refractivity contribution in [3.8, 4) is 0 Å². The van der Waals surface area contributed by atoms with Crippen LogP contribution < -0.4 is 10.2 Å². The molecule has 1 N–H and O–H groups in total. The molecule has 1 unspecified atom stereocenters. The molecule has 2 heterocycles. The van der Waals surface area contributed by atoms with E-state index in [2.05, 4.69) is 5.32 Å². The molecule has 1 amide bonds. The molecule has 0 bridgehead atoms. The first-order chi connectivity index (χ1) is 12.0. The van der Waals surface area contributed by atoms with Crippen LogP contribution in [0.4, 0.5) is 10.1 Å². The zero-order valence-corrected chi connectivity index (χ0v) is 17.2. The fraction of sp³-hybridized carbons (Fsp3) is 0.579. The van der Waals surface area contributed by atoms with Crippen molar-refractivity contribution in [2.75, 3.05) is 44.2 Å². The highest BCUT2D eigenvalue weighted by Gasteiger charge is 2.24. The highest BCUT2D eigenvalue weighted by atomic mass is 35.5. The Balaban J connectivity index is 0.00000182. The Kier molecular flexibility index (Phi) is 9.50. The summed E-state index contributed by atoms with van der Waals surface area (Å²) < 4.78 is 14.3. The topological polar surface area (TPSA) is 52.7 Å². The zero-order chi connectivity index (χ0) is 17.8. The highest BCUT2D eigenvalue weighted by Crippen LogP contribution is 2.23. The van der Waals surface area contributed by atoms with Crippen molar-refractivity contribution < 1.29 is 14.0 Å². The van der Waals surface area contributed by atoms with E-state index in [1.54, 1.807) is 12.1 Å². The summed E-state index contributed by atoms with van der Waals surface area (Å²) in [6.07, 6.45) is 2.72. The number of rotatable bonds is 5. The van der Waals surface area contributed by atoms with Gasteiger partial charge in [0.2, 0.25) is 5.91 Å². The predicted octanol–water partition coefficient (Wildman–Crippen LogP) is 2.91. The van der Waals surface area contributed by atoms with Gasteiger partial charge in [-0.2, -0.15) is 0 Å². The maximum atomic E-state index is 14.3. The molecule has 1 atom stereocenters. The van der Waals surface area contributed by atoms with Gasteiger partial charge in [0.05, 0.1) is 5.69 Å². The molecule has 0 aliphatic carbocycles. The van der Waals surface area contributed by atoms with Gasteiger partial charge < -0.3 is 15.1 Å². The van der Waals surface area contributed by atoms with Crippen molar-refractivity contribution >= 4 is 42.2 Å². The number of hydrogen-bond donors (Lipinski definition) is 1. The van der Waals surface area contributed by atoms with Crippen LogP contribution in [0.25, 0.3) is 0 Å². The average molecular weight is 420 g/mol. The summed E-state index contributed by atoms with van der Waals surface area (Å²) in [5.41, 5.74) is 0.894. The number of benzene rings is 1. The van der Waals surface area contributed by atoms with E-state index in [9.17, 15) is 14.0 Å². The molecule has 2 aliphatic heterocycles. The molecular formula is C19H28Cl2FN3O2. The number of nitrogens with one attached hydrogen (secondary N) is 1. The fourth-order valence-corrected chi connectivity index (χ4v) is 3.63. The third-order valence-electron chi connectivity index (χ3n) is 5.26. The van der Waals surface area contributed by atoms with Crippen LogP contribution in [0.1, 0.15) is 36.5 Å². The quantitative estimate of drug-likeness (QED) is 0.745. The second kappa shape index (κ2) is 10.8. The van der Waals surface area contributed by atoms with Crippen molar-refractivity contribution in [3.05, 3.63) is 29.6 Å². The van der Waals surface area contributed by atoms with Crippen molar-refractivity contribution in [2.24, 2.45) is 5.92 Å². The van der Waals surface area contributed by atoms with Crippen LogP contribution in [-0.4, -0.2) is 55.9 Å². The Hall–Kier alpha value is -1.37. The van der Waals surface area contributed by atoms with Gasteiger partial charge in [-0.1, -0.05) is 0 Å². The first-order valence-electron chi connectivity index (χ1n) is 9.08. The van der Waals surface area contributed by atoms with Crippen molar-refractivity contribution in [3.63, 3.8) is 0 Å². The highest BCUT2D eigenvalue weighted by molar-refractivity contribution is 5.94. The van der Waals surface area contributed by atoms with Crippen LogP contribution in [0, 0.1) is 11.7 Å². The Labute approximate surface area is 172 Å². The minimum atomic E-state index is -0.374. The van der Waals surface area contributed by atoms with Gasteiger partial charge in [-0.05, 0) is 57.0 Å². The Bertz CT molecular complexity index is 646. The Morgan fingerprint density at radius 3 is 2.44 bits per heavy atom. The second-order valence-electron chi connectivity index (χ2n) is 6.99. The molecular weight excluding hydrogens is 392 g/mol. The molecule has 2 saturated heterocycles. The van der Waals surface area contributed by atoms with Crippen LogP contribution in [-0.2, 0) is 4.79 Å². The molecule has 1 aromatic rings. The molecule has 1 aromatic carbocycles. The summed E-state index contributed by atoms with van der Waals surface area (Å²) in [7, 11) is 0. The maximum Gasteiger partial charge on any atom is 0.222 e. The predicted molar refractivity (Wildman–Crippen MR) is 110 cm³/mol. The number of carbonyl (C=O) groups is 2. The monoisotopic (exact) mass is 419 g/mol. The van der Waals surface area contributed by atoms with Gasteiger partial charge in [-0.25, -0.2) is 4.39 Å². The third-order valence-corrected chi connectivity index (χ3v) is 5.26. The number of hydrogen-bond acceptors (Lipinski definition) is 4. The van der Waals surface area contributed by atoms with Gasteiger partial charge in [-0.3, -0.25) is 9.59 Å². The Morgan fingerprint density at radius 1 is 1.19 bits per heavy atom. The Morgan fingerprint density at radius 2 is 1.89 bits per heavy atom. The second-order valence-corrected chi connectivity index (χ2v) is 6.99. The normalized spacial score (nSPS) is 19.3. The lowest BCUT2D eigenvalue weighted by Gasteiger charge is -2.36. The van der Waals surface area contributed by atoms with Crippen LogP contribution >= 0.6 is 24.8 Å². The van der Waals surface area contributed by atoms with Crippen LogP contribution in [0.15, 0.2) is 18.2 Å². The van der Waals surface area contributed by atoms with E-state index in [0.29, 0.717) is 49.8 Å². The van der Waals surface area contributed by atoms with Gasteiger partial charge in [-0.15, -0.1) is 24.8 Å². The molecule has 8 heteroatoms. The number of Topliss-reactive ketones (excluding diaryl/α,β-unsaturated/α-hetero) is 1. The standard InChI is InChI=1S/C19H26FN3O2.2ClH/c1-14(24)16-3-4-18(17(20)12-16)22-8-10-23(11-9-22)19(25)5-2-15-6-7-21-13-15;;/h3-4,12,15,21H,2,5-11,13H2,1H3;2*1H. The fourth-order valence-electron chi connectivity index (χ4n) is 3.63. The first-order valence-corrected chi connectivity index (χ1v) is 9.08. The molecule has 2 aliphatic rings. The number of anilines is 1. The van der Waals surface area contributed by atoms with E-state index < -0.39 is 0 Å². The van der Waals surface area contributed by atoms with Gasteiger partial charge in [0, 0.05) is 38.2 Å². The van der Waals surface area contributed by atoms with E-state index >= 15 is 0 Å². The molecule has 27 heavy (non-hydrogen) atoms. The molecule has 0 aromatic heterocycles. The summed E-state index contributed by atoms with van der Waals surface area (Å²) in [6, 6.07) is 4.62. The lowest BCUT2D eigenvalue weighted by Crippen LogP contribution is -2.49. The van der Waals surface area contributed by atoms with Gasteiger partial charge >= 0.3 is 0 Å². The van der Waals surface area contributed by atoms with E-state index in [1.165, 1.54) is 13.0 Å². The zero-order valence-electron chi connectivity index (χ0n) is 15.6. The molecule has 2 fully saturated rings. The van der Waals surface area contributed by atoms with Gasteiger partial charge in [0.25, 0.3) is 0 Å². The van der Waals surface area contributed by atoms with Crippen molar-refractivity contribution in [2.45, 2.75) is 26.2 Å². The van der Waals surface area contributed by atoms with Crippen LogP contribution in [0.5, 0.6) is 0 Å². The van der Waals surface area contributed by atoms with Gasteiger partial charge in [0.1, 0.15) is 5.82 Å². The molecule has 152 valence electrons. The SMILES string of the molecule is CC(=O)c1ccc(N2CCN(C(=O)CCC3CCNC3)CC2)c(F)c1.Cl.Cl. The lowest BCUT2D eigenvalue weighted by atomic mass is 10.0.